The Morgan fingerprint density at radius 3 is 1.97 bits per heavy atom. The minimum absolute atomic E-state index is 0.171. The average molecular weight is 790 g/mol. The number of allylic oxidation sites excluding steroid dienone is 3. The van der Waals surface area contributed by atoms with Crippen LogP contribution in [0.3, 0.4) is 0 Å². The summed E-state index contributed by atoms with van der Waals surface area (Å²) in [6, 6.07) is 63.8. The number of aliphatic imine (C=N–C) groups is 1. The number of thiophene rings is 1. The molecule has 2 aromatic heterocycles. The van der Waals surface area contributed by atoms with Crippen LogP contribution in [0.2, 0.25) is 0 Å². The van der Waals surface area contributed by atoms with E-state index in [1.54, 1.807) is 0 Å². The van der Waals surface area contributed by atoms with Gasteiger partial charge < -0.3 is 4.42 Å². The number of fused-ring (bicyclic) bond motifs is 7. The predicted molar refractivity (Wildman–Crippen MR) is 258 cm³/mol. The first-order chi connectivity index (χ1) is 29.6. The van der Waals surface area contributed by atoms with Gasteiger partial charge in [0.2, 0.25) is 0 Å². The number of rotatable bonds is 6. The van der Waals surface area contributed by atoms with Crippen LogP contribution in [-0.2, 0) is 0 Å². The monoisotopic (exact) mass is 789 g/mol. The van der Waals surface area contributed by atoms with Crippen molar-refractivity contribution in [1.29, 1.82) is 0 Å². The van der Waals surface area contributed by atoms with Crippen LogP contribution in [-0.4, -0.2) is 5.71 Å². The normalized spacial score (nSPS) is 18.0. The third-order valence-corrected chi connectivity index (χ3v) is 13.7. The number of nitrogens with zero attached hydrogens (tertiary/aromatic N) is 1. The summed E-state index contributed by atoms with van der Waals surface area (Å²) in [5.41, 5.74) is 15.0. The molecule has 1 unspecified atom stereocenters. The summed E-state index contributed by atoms with van der Waals surface area (Å²) < 4.78 is 9.38. The maximum absolute atomic E-state index is 6.71. The lowest BCUT2D eigenvalue weighted by molar-refractivity contribution is 0.670. The Hall–Kier alpha value is -6.81. The molecule has 1 atom stereocenters. The molecule has 0 bridgehead atoms. The fourth-order valence-corrected chi connectivity index (χ4v) is 10.7. The van der Waals surface area contributed by atoms with Crippen molar-refractivity contribution in [1.82, 2.24) is 0 Å². The SMILES string of the molecule is CCC1/C=C(c2cccc3c(-c4cccc5oc6c(-c7ccccc7)cccc6c45)cccc23)\N=C(\c2ccccc2)CC/C(C)=C\1c1ccc2sc3ccccc3c2c1. The largest absolute Gasteiger partial charge is 0.455 e. The van der Waals surface area contributed by atoms with E-state index in [1.807, 2.05) is 11.3 Å². The standard InChI is InChI=1S/C57H43NOS/c1-3-37-35-51(58-50(39-18-8-5-9-19-39)32-30-36(2)55(37)40-31-33-54-49(34-40)46-20-10-11-29-53(46)60-54)45-25-14-22-42-43(45)23-13-24-44(42)47-26-15-28-52-56(47)48-27-12-21-41(57(48)59-52)38-16-6-4-7-17-38/h4-29,31,33-35,37H,3,30,32H2,1-2H3/b51-35-,55-36+,58-50+. The molecule has 288 valence electrons. The van der Waals surface area contributed by atoms with Gasteiger partial charge in [-0.15, -0.1) is 11.3 Å². The Morgan fingerprint density at radius 2 is 1.17 bits per heavy atom. The van der Waals surface area contributed by atoms with E-state index in [2.05, 4.69) is 196 Å². The van der Waals surface area contributed by atoms with Gasteiger partial charge in [0.25, 0.3) is 0 Å². The average Bonchev–Trinajstić information content (AvgIpc) is 3.89. The topological polar surface area (TPSA) is 25.5 Å². The molecule has 0 saturated heterocycles. The highest BCUT2D eigenvalue weighted by atomic mass is 32.1. The van der Waals surface area contributed by atoms with E-state index in [0.717, 1.165) is 69.3 Å². The van der Waals surface area contributed by atoms with Crippen molar-refractivity contribution in [2.24, 2.45) is 10.9 Å². The molecule has 60 heavy (non-hydrogen) atoms. The quantitative estimate of drug-likeness (QED) is 0.165. The Balaban J connectivity index is 1.10. The van der Waals surface area contributed by atoms with E-state index in [9.17, 15) is 0 Å². The van der Waals surface area contributed by atoms with Gasteiger partial charge in [-0.05, 0) is 94.6 Å². The van der Waals surface area contributed by atoms with E-state index in [4.69, 9.17) is 9.41 Å². The van der Waals surface area contributed by atoms with E-state index in [0.29, 0.717) is 0 Å². The number of benzene rings is 8. The third kappa shape index (κ3) is 6.20. The molecule has 0 saturated carbocycles. The van der Waals surface area contributed by atoms with Gasteiger partial charge in [0, 0.05) is 53.7 Å². The molecule has 0 radical (unpaired) electrons. The number of hydrogen-bond acceptors (Lipinski definition) is 3. The van der Waals surface area contributed by atoms with Crippen LogP contribution in [0.5, 0.6) is 0 Å². The van der Waals surface area contributed by atoms with Gasteiger partial charge in [-0.3, -0.25) is 4.99 Å². The summed E-state index contributed by atoms with van der Waals surface area (Å²) in [7, 11) is 0. The number of para-hydroxylation sites is 1. The molecule has 0 N–H and O–H groups in total. The third-order valence-electron chi connectivity index (χ3n) is 12.5. The Labute approximate surface area is 354 Å². The zero-order valence-electron chi connectivity index (χ0n) is 33.8. The molecule has 11 rings (SSSR count). The molecule has 1 aliphatic rings. The molecule has 2 nitrogen and oxygen atoms in total. The second-order valence-electron chi connectivity index (χ2n) is 16.0. The van der Waals surface area contributed by atoms with E-state index in [-0.39, 0.29) is 5.92 Å². The summed E-state index contributed by atoms with van der Waals surface area (Å²) >= 11 is 1.88. The van der Waals surface area contributed by atoms with Crippen LogP contribution in [0.1, 0.15) is 49.8 Å². The van der Waals surface area contributed by atoms with E-state index < -0.39 is 0 Å². The highest BCUT2D eigenvalue weighted by molar-refractivity contribution is 7.25. The van der Waals surface area contributed by atoms with Crippen LogP contribution in [0, 0.1) is 5.92 Å². The zero-order chi connectivity index (χ0) is 40.2. The first kappa shape index (κ1) is 36.3. The van der Waals surface area contributed by atoms with Crippen molar-refractivity contribution in [2.75, 3.05) is 0 Å². The van der Waals surface area contributed by atoms with Crippen LogP contribution >= 0.6 is 11.3 Å². The summed E-state index contributed by atoms with van der Waals surface area (Å²) in [5.74, 6) is 0.171. The Kier molecular flexibility index (Phi) is 9.13. The van der Waals surface area contributed by atoms with E-state index >= 15 is 0 Å². The van der Waals surface area contributed by atoms with Crippen LogP contribution in [0.15, 0.2) is 197 Å². The summed E-state index contributed by atoms with van der Waals surface area (Å²) in [5, 5.41) is 7.33. The minimum Gasteiger partial charge on any atom is -0.455 e. The smallest absolute Gasteiger partial charge is 0.143 e. The Bertz CT molecular complexity index is 3360. The van der Waals surface area contributed by atoms with Crippen molar-refractivity contribution in [2.45, 2.75) is 33.1 Å². The molecule has 0 amide bonds. The number of hydrogen-bond donors (Lipinski definition) is 0. The Morgan fingerprint density at radius 1 is 0.533 bits per heavy atom. The molecule has 0 spiro atoms. The van der Waals surface area contributed by atoms with Crippen LogP contribution < -0.4 is 0 Å². The lowest BCUT2D eigenvalue weighted by Gasteiger charge is -2.21. The van der Waals surface area contributed by atoms with Gasteiger partial charge in [0.15, 0.2) is 0 Å². The molecule has 0 aliphatic carbocycles. The van der Waals surface area contributed by atoms with Crippen LogP contribution in [0.25, 0.3) is 86.4 Å². The maximum atomic E-state index is 6.71. The lowest BCUT2D eigenvalue weighted by Crippen LogP contribution is -2.04. The maximum Gasteiger partial charge on any atom is 0.143 e. The molecular formula is C57H43NOS. The van der Waals surface area contributed by atoms with Gasteiger partial charge in [-0.2, -0.15) is 0 Å². The van der Waals surface area contributed by atoms with Gasteiger partial charge in [0.1, 0.15) is 11.2 Å². The zero-order valence-corrected chi connectivity index (χ0v) is 34.6. The van der Waals surface area contributed by atoms with Crippen LogP contribution in [0.4, 0.5) is 0 Å². The predicted octanol–water partition coefficient (Wildman–Crippen LogP) is 16.6. The van der Waals surface area contributed by atoms with Gasteiger partial charge in [0.05, 0.1) is 5.70 Å². The highest BCUT2D eigenvalue weighted by Crippen LogP contribution is 2.45. The first-order valence-electron chi connectivity index (χ1n) is 21.1. The lowest BCUT2D eigenvalue weighted by atomic mass is 9.84. The van der Waals surface area contributed by atoms with Gasteiger partial charge >= 0.3 is 0 Å². The van der Waals surface area contributed by atoms with Gasteiger partial charge in [-0.1, -0.05) is 170 Å². The summed E-state index contributed by atoms with van der Waals surface area (Å²) in [6.07, 6.45) is 5.23. The van der Waals surface area contributed by atoms with E-state index in [1.165, 1.54) is 64.3 Å². The fraction of sp³-hybridized carbons (Fsp3) is 0.105. The molecule has 3 heterocycles. The van der Waals surface area contributed by atoms with Crippen molar-refractivity contribution in [3.8, 4) is 22.3 Å². The molecule has 8 aromatic carbocycles. The second-order valence-corrected chi connectivity index (χ2v) is 17.1. The van der Waals surface area contributed by atoms with Crippen molar-refractivity contribution >= 4 is 81.2 Å². The van der Waals surface area contributed by atoms with Crippen molar-refractivity contribution < 1.29 is 4.42 Å². The first-order valence-corrected chi connectivity index (χ1v) is 21.9. The summed E-state index contributed by atoms with van der Waals surface area (Å²) in [6.45, 7) is 4.67. The molecule has 3 heteroatoms. The molecule has 10 aromatic rings. The minimum atomic E-state index is 0.171. The van der Waals surface area contributed by atoms with Crippen molar-refractivity contribution in [3.05, 3.63) is 204 Å². The molecule has 1 aliphatic heterocycles. The summed E-state index contributed by atoms with van der Waals surface area (Å²) in [4.78, 5) is 5.69. The second kappa shape index (κ2) is 15.1. The highest BCUT2D eigenvalue weighted by Gasteiger charge is 2.23. The fourth-order valence-electron chi connectivity index (χ4n) is 9.62. The molecular weight excluding hydrogens is 747 g/mol. The van der Waals surface area contributed by atoms with Crippen molar-refractivity contribution in [3.63, 3.8) is 0 Å². The molecule has 0 fully saturated rings. The van der Waals surface area contributed by atoms with Gasteiger partial charge in [-0.25, -0.2) is 0 Å². The number of furan rings is 1.